The fourth-order valence-corrected chi connectivity index (χ4v) is 4.35. The Kier molecular flexibility index (Phi) is 6.27. The molecule has 3 rings (SSSR count). The number of halogens is 6. The Labute approximate surface area is 189 Å². The van der Waals surface area contributed by atoms with E-state index in [1.165, 1.54) is 13.8 Å². The fourth-order valence-electron chi connectivity index (χ4n) is 4.21. The molecule has 12 heteroatoms. The second-order valence-corrected chi connectivity index (χ2v) is 8.31. The predicted molar refractivity (Wildman–Crippen MR) is 107 cm³/mol. The predicted octanol–water partition coefficient (Wildman–Crippen LogP) is 5.13. The summed E-state index contributed by atoms with van der Waals surface area (Å²) in [6.45, 7) is 3.27. The van der Waals surface area contributed by atoms with Gasteiger partial charge < -0.3 is 19.6 Å². The summed E-state index contributed by atoms with van der Waals surface area (Å²) in [4.78, 5) is 27.0. The first kappa shape index (κ1) is 25.0. The van der Waals surface area contributed by atoms with Crippen LogP contribution in [0.15, 0.2) is 16.9 Å². The van der Waals surface area contributed by atoms with Crippen molar-refractivity contribution in [3.05, 3.63) is 61.5 Å². The topological polar surface area (TPSA) is 88.6 Å². The van der Waals surface area contributed by atoms with Gasteiger partial charge in [0.05, 0.1) is 12.8 Å². The zero-order valence-electron chi connectivity index (χ0n) is 17.7. The number of ether oxygens (including phenoxy) is 2. The van der Waals surface area contributed by atoms with Gasteiger partial charge in [0.1, 0.15) is 16.7 Å². The standard InChI is InChI=1S/C21H19ClF5NO5/c1-7-11(9-5-6-10(23)14(24)17(9)32-4)18(33-20(7,3)21(25,26)27)15-12(19(30)31)16(29)13(22)8(2)28-15/h5-7,11,18H,1-4H3,(H,28,29)(H,30,31)/t7-,11-,18+,20+/m0/s1. The summed E-state index contributed by atoms with van der Waals surface area (Å²) in [7, 11) is 1.01. The molecule has 2 aromatic rings. The Morgan fingerprint density at radius 3 is 2.42 bits per heavy atom. The molecule has 1 aliphatic heterocycles. The smallest absolute Gasteiger partial charge is 0.417 e. The van der Waals surface area contributed by atoms with E-state index in [2.05, 4.69) is 4.98 Å². The Balaban J connectivity index is 2.39. The molecule has 0 radical (unpaired) electrons. The third-order valence-corrected chi connectivity index (χ3v) is 6.61. The Morgan fingerprint density at radius 2 is 1.91 bits per heavy atom. The van der Waals surface area contributed by atoms with Crippen LogP contribution in [-0.2, 0) is 4.74 Å². The lowest BCUT2D eigenvalue weighted by molar-refractivity contribution is -0.275. The van der Waals surface area contributed by atoms with Crippen LogP contribution in [0.1, 0.15) is 53.2 Å². The van der Waals surface area contributed by atoms with Gasteiger partial charge in [-0.15, -0.1) is 0 Å². The summed E-state index contributed by atoms with van der Waals surface area (Å²) in [5, 5.41) is 9.17. The molecule has 1 aliphatic rings. The molecule has 1 aromatic carbocycles. The normalized spacial score (nSPS) is 25.3. The van der Waals surface area contributed by atoms with E-state index in [4.69, 9.17) is 21.1 Å². The number of hydrogen-bond acceptors (Lipinski definition) is 4. The molecule has 0 aliphatic carbocycles. The number of hydrogen-bond donors (Lipinski definition) is 2. The molecule has 1 saturated heterocycles. The second-order valence-electron chi connectivity index (χ2n) is 7.93. The van der Waals surface area contributed by atoms with Crippen LogP contribution < -0.4 is 10.2 Å². The number of benzene rings is 1. The van der Waals surface area contributed by atoms with Gasteiger partial charge in [-0.2, -0.15) is 17.6 Å². The summed E-state index contributed by atoms with van der Waals surface area (Å²) in [6.07, 6.45) is -6.66. The number of pyridine rings is 1. The number of H-pyrrole nitrogens is 1. The molecule has 180 valence electrons. The second kappa shape index (κ2) is 8.28. The van der Waals surface area contributed by atoms with Crippen LogP contribution in [0.4, 0.5) is 22.0 Å². The van der Waals surface area contributed by atoms with Gasteiger partial charge in [-0.25, -0.2) is 9.18 Å². The van der Waals surface area contributed by atoms with E-state index in [9.17, 15) is 36.6 Å². The first-order valence-corrected chi connectivity index (χ1v) is 9.97. The van der Waals surface area contributed by atoms with Gasteiger partial charge in [-0.1, -0.05) is 24.6 Å². The first-order chi connectivity index (χ1) is 15.2. The third kappa shape index (κ3) is 3.76. The van der Waals surface area contributed by atoms with Crippen molar-refractivity contribution < 1.29 is 41.3 Å². The summed E-state index contributed by atoms with van der Waals surface area (Å²) < 4.78 is 80.9. The van der Waals surface area contributed by atoms with Crippen molar-refractivity contribution in [1.29, 1.82) is 0 Å². The first-order valence-electron chi connectivity index (χ1n) is 9.59. The van der Waals surface area contributed by atoms with Crippen molar-refractivity contribution in [3.63, 3.8) is 0 Å². The Morgan fingerprint density at radius 1 is 1.30 bits per heavy atom. The average Bonchev–Trinajstić information content (AvgIpc) is 2.99. The summed E-state index contributed by atoms with van der Waals surface area (Å²) in [5.41, 5.74) is -5.55. The van der Waals surface area contributed by atoms with E-state index >= 15 is 0 Å². The van der Waals surface area contributed by atoms with Gasteiger partial charge in [0.2, 0.25) is 11.2 Å². The highest BCUT2D eigenvalue weighted by molar-refractivity contribution is 6.31. The minimum Gasteiger partial charge on any atom is -0.493 e. The van der Waals surface area contributed by atoms with E-state index in [-0.39, 0.29) is 11.3 Å². The van der Waals surface area contributed by atoms with Crippen molar-refractivity contribution in [2.24, 2.45) is 5.92 Å². The van der Waals surface area contributed by atoms with Crippen molar-refractivity contribution in [1.82, 2.24) is 4.98 Å². The number of aromatic carboxylic acids is 1. The van der Waals surface area contributed by atoms with Gasteiger partial charge in [-0.3, -0.25) is 4.79 Å². The van der Waals surface area contributed by atoms with Gasteiger partial charge in [0.25, 0.3) is 0 Å². The van der Waals surface area contributed by atoms with Crippen molar-refractivity contribution in [3.8, 4) is 5.75 Å². The number of aromatic amines is 1. The van der Waals surface area contributed by atoms with Crippen LogP contribution in [-0.4, -0.2) is 34.9 Å². The lowest BCUT2D eigenvalue weighted by Gasteiger charge is -2.32. The largest absolute Gasteiger partial charge is 0.493 e. The number of nitrogens with one attached hydrogen (secondary N) is 1. The maximum Gasteiger partial charge on any atom is 0.417 e. The Bertz CT molecular complexity index is 1180. The third-order valence-electron chi connectivity index (χ3n) is 6.16. The molecule has 0 saturated carbocycles. The van der Waals surface area contributed by atoms with E-state index in [1.807, 2.05) is 0 Å². The van der Waals surface area contributed by atoms with Crippen LogP contribution in [0.5, 0.6) is 5.75 Å². The molecule has 0 spiro atoms. The van der Waals surface area contributed by atoms with Crippen LogP contribution in [0.2, 0.25) is 5.02 Å². The highest BCUT2D eigenvalue weighted by Gasteiger charge is 2.65. The number of alkyl halides is 3. The number of methoxy groups -OCH3 is 1. The van der Waals surface area contributed by atoms with E-state index < -0.39 is 74.8 Å². The zero-order valence-corrected chi connectivity index (χ0v) is 18.5. The van der Waals surface area contributed by atoms with Crippen molar-refractivity contribution in [2.75, 3.05) is 7.11 Å². The number of carbonyl (C=O) groups is 1. The molecule has 33 heavy (non-hydrogen) atoms. The number of aromatic nitrogens is 1. The van der Waals surface area contributed by atoms with Crippen LogP contribution in [0.25, 0.3) is 0 Å². The molecule has 0 bridgehead atoms. The Hall–Kier alpha value is -2.66. The number of carboxylic acid groups (broad SMARTS) is 1. The average molecular weight is 496 g/mol. The van der Waals surface area contributed by atoms with Crippen molar-refractivity contribution in [2.45, 2.75) is 44.6 Å². The van der Waals surface area contributed by atoms with Gasteiger partial charge in [0.15, 0.2) is 17.2 Å². The van der Waals surface area contributed by atoms with Crippen LogP contribution in [0, 0.1) is 24.5 Å². The summed E-state index contributed by atoms with van der Waals surface area (Å²) in [6, 6.07) is 1.76. The van der Waals surface area contributed by atoms with Crippen LogP contribution >= 0.6 is 11.6 Å². The lowest BCUT2D eigenvalue weighted by atomic mass is 9.76. The van der Waals surface area contributed by atoms with Crippen molar-refractivity contribution >= 4 is 17.6 Å². The van der Waals surface area contributed by atoms with E-state index in [1.54, 1.807) is 0 Å². The molecule has 2 heterocycles. The van der Waals surface area contributed by atoms with E-state index in [0.29, 0.717) is 6.07 Å². The molecule has 0 amide bonds. The molecular formula is C21H19ClF5NO5. The maximum absolute atomic E-state index is 14.5. The number of carboxylic acids is 1. The monoisotopic (exact) mass is 495 g/mol. The molecule has 1 fully saturated rings. The minimum absolute atomic E-state index is 0.00506. The molecule has 6 nitrogen and oxygen atoms in total. The van der Waals surface area contributed by atoms with Crippen LogP contribution in [0.3, 0.4) is 0 Å². The summed E-state index contributed by atoms with van der Waals surface area (Å²) >= 11 is 5.86. The highest BCUT2D eigenvalue weighted by Crippen LogP contribution is 2.59. The molecule has 4 atom stereocenters. The fraction of sp³-hybridized carbons (Fsp3) is 0.429. The van der Waals surface area contributed by atoms with E-state index in [0.717, 1.165) is 20.1 Å². The summed E-state index contributed by atoms with van der Waals surface area (Å²) in [5.74, 6) is -7.96. The quantitative estimate of drug-likeness (QED) is 0.574. The SMILES string of the molecule is COc1c([C@H]2[C@H](c3[nH]c(C)c(Cl)c(=O)c3C(=O)O)O[C@@](C)(C(F)(F)F)[C@H]2C)ccc(F)c1F. The minimum atomic E-state index is -4.93. The number of aryl methyl sites for hydroxylation is 1. The number of rotatable bonds is 4. The molecule has 2 N–H and O–H groups in total. The lowest BCUT2D eigenvalue weighted by Crippen LogP contribution is -2.46. The van der Waals surface area contributed by atoms with Gasteiger partial charge >= 0.3 is 12.1 Å². The maximum atomic E-state index is 14.5. The molecular weight excluding hydrogens is 477 g/mol. The van der Waals surface area contributed by atoms with Gasteiger partial charge in [0, 0.05) is 23.1 Å². The molecule has 1 aromatic heterocycles. The highest BCUT2D eigenvalue weighted by atomic mass is 35.5. The molecule has 0 unspecified atom stereocenters. The van der Waals surface area contributed by atoms with Gasteiger partial charge in [-0.05, 0) is 19.9 Å². The zero-order chi connectivity index (χ0) is 25.0.